The van der Waals surface area contributed by atoms with Crippen molar-refractivity contribution in [3.63, 3.8) is 0 Å². The topological polar surface area (TPSA) is 61.6 Å². The molecule has 0 radical (unpaired) electrons. The molecule has 0 aliphatic rings. The first-order valence-electron chi connectivity index (χ1n) is 6.23. The number of nitrogens with zero attached hydrogens (tertiary/aromatic N) is 1. The Morgan fingerprint density at radius 1 is 1.19 bits per heavy atom. The lowest BCUT2D eigenvalue weighted by atomic mass is 10.2. The van der Waals surface area contributed by atoms with Crippen molar-refractivity contribution < 1.29 is 14.4 Å². The van der Waals surface area contributed by atoms with Crippen LogP contribution in [-0.2, 0) is 11.9 Å². The summed E-state index contributed by atoms with van der Waals surface area (Å²) in [6.45, 7) is 0.352. The maximum Gasteiger partial charge on any atom is 0.269 e. The van der Waals surface area contributed by atoms with E-state index in [0.717, 1.165) is 22.6 Å². The molecule has 0 saturated carbocycles. The molecule has 0 aliphatic heterocycles. The third kappa shape index (κ3) is 3.95. The molecule has 0 bridgehead atoms. The fourth-order valence-corrected chi connectivity index (χ4v) is 2.24. The molecular formula is C15H14BrNO4. The van der Waals surface area contributed by atoms with Gasteiger partial charge in [-0.15, -0.1) is 0 Å². The number of hydrogen-bond acceptors (Lipinski definition) is 4. The molecule has 0 saturated heterocycles. The van der Waals surface area contributed by atoms with E-state index in [1.165, 1.54) is 12.1 Å². The van der Waals surface area contributed by atoms with Gasteiger partial charge in [0.15, 0.2) is 0 Å². The average Bonchev–Trinajstić information content (AvgIpc) is 2.53. The molecule has 0 heterocycles. The van der Waals surface area contributed by atoms with E-state index in [1.54, 1.807) is 19.2 Å². The maximum atomic E-state index is 10.6. The van der Waals surface area contributed by atoms with Crippen LogP contribution in [0.1, 0.15) is 11.1 Å². The number of ether oxygens (including phenoxy) is 2. The van der Waals surface area contributed by atoms with Crippen molar-refractivity contribution in [3.05, 3.63) is 63.7 Å². The van der Waals surface area contributed by atoms with Gasteiger partial charge in [-0.2, -0.15) is 0 Å². The van der Waals surface area contributed by atoms with Crippen LogP contribution in [0.5, 0.6) is 11.5 Å². The van der Waals surface area contributed by atoms with Crippen molar-refractivity contribution >= 4 is 21.6 Å². The highest BCUT2D eigenvalue weighted by Crippen LogP contribution is 2.27. The third-order valence-electron chi connectivity index (χ3n) is 2.95. The molecule has 2 rings (SSSR count). The van der Waals surface area contributed by atoms with Gasteiger partial charge in [0.1, 0.15) is 18.1 Å². The lowest BCUT2D eigenvalue weighted by Crippen LogP contribution is -1.98. The fourth-order valence-electron chi connectivity index (χ4n) is 1.80. The molecule has 110 valence electrons. The van der Waals surface area contributed by atoms with Crippen LogP contribution in [-0.4, -0.2) is 12.0 Å². The standard InChI is InChI=1S/C15H14BrNO4/c1-20-14-6-7-15(12(8-14)9-16)21-10-11-2-4-13(5-3-11)17(18)19/h2-8H,9-10H2,1H3. The van der Waals surface area contributed by atoms with Crippen LogP contribution in [0, 0.1) is 10.1 Å². The molecule has 0 N–H and O–H groups in total. The molecule has 6 heteroatoms. The SMILES string of the molecule is COc1ccc(OCc2ccc([N+](=O)[O-])cc2)c(CBr)c1. The molecule has 0 aromatic heterocycles. The molecule has 21 heavy (non-hydrogen) atoms. The summed E-state index contributed by atoms with van der Waals surface area (Å²) in [5.41, 5.74) is 1.93. The Morgan fingerprint density at radius 2 is 1.90 bits per heavy atom. The molecule has 0 aliphatic carbocycles. The number of nitro groups is 1. The molecule has 5 nitrogen and oxygen atoms in total. The lowest BCUT2D eigenvalue weighted by Gasteiger charge is -2.11. The first-order chi connectivity index (χ1) is 10.1. The van der Waals surface area contributed by atoms with Crippen LogP contribution in [0.4, 0.5) is 5.69 Å². The minimum absolute atomic E-state index is 0.0735. The van der Waals surface area contributed by atoms with E-state index in [0.29, 0.717) is 11.9 Å². The van der Waals surface area contributed by atoms with Gasteiger partial charge in [-0.05, 0) is 35.9 Å². The van der Waals surface area contributed by atoms with Gasteiger partial charge >= 0.3 is 0 Å². The zero-order valence-electron chi connectivity index (χ0n) is 11.4. The number of nitro benzene ring substituents is 1. The molecule has 0 fully saturated rings. The van der Waals surface area contributed by atoms with E-state index in [9.17, 15) is 10.1 Å². The van der Waals surface area contributed by atoms with Gasteiger partial charge in [-0.1, -0.05) is 15.9 Å². The second-order valence-electron chi connectivity index (χ2n) is 4.32. The van der Waals surface area contributed by atoms with E-state index >= 15 is 0 Å². The number of benzene rings is 2. The van der Waals surface area contributed by atoms with Crippen LogP contribution in [0.2, 0.25) is 0 Å². The second-order valence-corrected chi connectivity index (χ2v) is 4.88. The molecule has 0 spiro atoms. The highest BCUT2D eigenvalue weighted by atomic mass is 79.9. The molecule has 0 unspecified atom stereocenters. The first kappa shape index (κ1) is 15.3. The zero-order chi connectivity index (χ0) is 15.2. The lowest BCUT2D eigenvalue weighted by molar-refractivity contribution is -0.384. The normalized spacial score (nSPS) is 10.2. The maximum absolute atomic E-state index is 10.6. The largest absolute Gasteiger partial charge is 0.497 e. The predicted octanol–water partition coefficient (Wildman–Crippen LogP) is 4.08. The minimum atomic E-state index is -0.420. The summed E-state index contributed by atoms with van der Waals surface area (Å²) in [7, 11) is 1.62. The Hall–Kier alpha value is -2.08. The van der Waals surface area contributed by atoms with Gasteiger partial charge < -0.3 is 9.47 Å². The van der Waals surface area contributed by atoms with E-state index < -0.39 is 4.92 Å². The zero-order valence-corrected chi connectivity index (χ0v) is 13.0. The molecule has 2 aromatic rings. The number of methoxy groups -OCH3 is 1. The van der Waals surface area contributed by atoms with Crippen molar-refractivity contribution in [2.75, 3.05) is 7.11 Å². The molecule has 0 amide bonds. The Labute approximate surface area is 130 Å². The Kier molecular flexibility index (Phi) is 5.16. The highest BCUT2D eigenvalue weighted by molar-refractivity contribution is 9.08. The summed E-state index contributed by atoms with van der Waals surface area (Å²) in [6, 6.07) is 11.9. The number of alkyl halides is 1. The second kappa shape index (κ2) is 7.08. The first-order valence-corrected chi connectivity index (χ1v) is 7.35. The van der Waals surface area contributed by atoms with Gasteiger partial charge in [-0.25, -0.2) is 0 Å². The number of halogens is 1. The van der Waals surface area contributed by atoms with E-state index in [-0.39, 0.29) is 5.69 Å². The van der Waals surface area contributed by atoms with Crippen molar-refractivity contribution in [1.29, 1.82) is 0 Å². The number of non-ortho nitro benzene ring substituents is 1. The summed E-state index contributed by atoms with van der Waals surface area (Å²) in [5.74, 6) is 1.53. The van der Waals surface area contributed by atoms with Crippen LogP contribution in [0.25, 0.3) is 0 Å². The number of hydrogen-bond donors (Lipinski definition) is 0. The smallest absolute Gasteiger partial charge is 0.269 e. The quantitative estimate of drug-likeness (QED) is 0.447. The van der Waals surface area contributed by atoms with Crippen LogP contribution in [0.15, 0.2) is 42.5 Å². The fraction of sp³-hybridized carbons (Fsp3) is 0.200. The van der Waals surface area contributed by atoms with Gasteiger partial charge in [0, 0.05) is 23.0 Å². The van der Waals surface area contributed by atoms with Crippen molar-refractivity contribution in [2.45, 2.75) is 11.9 Å². The van der Waals surface area contributed by atoms with E-state index in [4.69, 9.17) is 9.47 Å². The van der Waals surface area contributed by atoms with Gasteiger partial charge in [0.2, 0.25) is 0 Å². The van der Waals surface area contributed by atoms with Gasteiger partial charge in [0.25, 0.3) is 5.69 Å². The summed E-state index contributed by atoms with van der Waals surface area (Å²) < 4.78 is 10.9. The van der Waals surface area contributed by atoms with Crippen LogP contribution >= 0.6 is 15.9 Å². The summed E-state index contributed by atoms with van der Waals surface area (Å²) >= 11 is 3.41. The van der Waals surface area contributed by atoms with Crippen molar-refractivity contribution in [2.24, 2.45) is 0 Å². The molecule has 0 atom stereocenters. The Morgan fingerprint density at radius 3 is 2.48 bits per heavy atom. The van der Waals surface area contributed by atoms with Crippen molar-refractivity contribution in [1.82, 2.24) is 0 Å². The molecule has 2 aromatic carbocycles. The monoisotopic (exact) mass is 351 g/mol. The summed E-state index contributed by atoms with van der Waals surface area (Å²) in [4.78, 5) is 10.2. The average molecular weight is 352 g/mol. The summed E-state index contributed by atoms with van der Waals surface area (Å²) in [5, 5.41) is 11.2. The Balaban J connectivity index is 2.07. The minimum Gasteiger partial charge on any atom is -0.497 e. The number of rotatable bonds is 6. The van der Waals surface area contributed by atoms with Crippen LogP contribution in [0.3, 0.4) is 0 Å². The predicted molar refractivity (Wildman–Crippen MR) is 83.1 cm³/mol. The van der Waals surface area contributed by atoms with E-state index in [2.05, 4.69) is 15.9 Å². The third-order valence-corrected chi connectivity index (χ3v) is 3.56. The van der Waals surface area contributed by atoms with Crippen LogP contribution < -0.4 is 9.47 Å². The van der Waals surface area contributed by atoms with Crippen molar-refractivity contribution in [3.8, 4) is 11.5 Å². The Bertz CT molecular complexity index is 628. The van der Waals surface area contributed by atoms with E-state index in [1.807, 2.05) is 18.2 Å². The summed E-state index contributed by atoms with van der Waals surface area (Å²) in [6.07, 6.45) is 0. The highest BCUT2D eigenvalue weighted by Gasteiger charge is 2.07. The van der Waals surface area contributed by atoms with Gasteiger partial charge in [-0.3, -0.25) is 10.1 Å². The van der Waals surface area contributed by atoms with Gasteiger partial charge in [0.05, 0.1) is 12.0 Å². The molecular weight excluding hydrogens is 338 g/mol.